The van der Waals surface area contributed by atoms with Crippen LogP contribution in [0.5, 0.6) is 0 Å². The third kappa shape index (κ3) is 1.90. The molecule has 0 aliphatic carbocycles. The van der Waals surface area contributed by atoms with Crippen LogP contribution in [0.4, 0.5) is 0 Å². The molecule has 0 radical (unpaired) electrons. The molecule has 0 aliphatic rings. The summed E-state index contributed by atoms with van der Waals surface area (Å²) in [5.74, 6) is -0.914. The number of aromatic carboxylic acids is 1. The zero-order valence-corrected chi connectivity index (χ0v) is 11.6. The summed E-state index contributed by atoms with van der Waals surface area (Å²) in [7, 11) is 0. The predicted molar refractivity (Wildman–Crippen MR) is 83.9 cm³/mol. The van der Waals surface area contributed by atoms with E-state index in [1.807, 2.05) is 18.2 Å². The van der Waals surface area contributed by atoms with Crippen LogP contribution in [0.1, 0.15) is 9.67 Å². The topological polar surface area (TPSA) is 66.0 Å². The van der Waals surface area contributed by atoms with Gasteiger partial charge in [0.2, 0.25) is 0 Å². The number of nitrogens with one attached hydrogen (secondary N) is 1. The van der Waals surface area contributed by atoms with E-state index in [-0.39, 0.29) is 0 Å². The van der Waals surface area contributed by atoms with Crippen LogP contribution >= 0.6 is 11.3 Å². The number of aromatic amines is 1. The van der Waals surface area contributed by atoms with Gasteiger partial charge < -0.3 is 5.11 Å². The summed E-state index contributed by atoms with van der Waals surface area (Å²) in [6.07, 6.45) is 0. The fourth-order valence-electron chi connectivity index (χ4n) is 2.48. The Balaban J connectivity index is 1.92. The molecule has 0 atom stereocenters. The average molecular weight is 294 g/mol. The third-order valence-corrected chi connectivity index (χ3v) is 4.52. The molecular weight excluding hydrogens is 284 g/mol. The number of H-pyrrole nitrogens is 1. The molecule has 0 saturated heterocycles. The van der Waals surface area contributed by atoms with E-state index in [4.69, 9.17) is 5.11 Å². The number of hydrogen-bond donors (Lipinski definition) is 2. The van der Waals surface area contributed by atoms with Gasteiger partial charge in [-0.05, 0) is 22.9 Å². The molecule has 2 N–H and O–H groups in total. The lowest BCUT2D eigenvalue weighted by atomic mass is 10.0. The second-order valence-electron chi connectivity index (χ2n) is 4.80. The quantitative estimate of drug-likeness (QED) is 0.584. The van der Waals surface area contributed by atoms with E-state index in [9.17, 15) is 4.79 Å². The highest BCUT2D eigenvalue weighted by atomic mass is 32.1. The number of thiophene rings is 1. The van der Waals surface area contributed by atoms with Crippen LogP contribution < -0.4 is 0 Å². The molecule has 0 fully saturated rings. The molecule has 0 bridgehead atoms. The van der Waals surface area contributed by atoms with Crippen molar-refractivity contribution in [2.24, 2.45) is 0 Å². The largest absolute Gasteiger partial charge is 0.477 e. The minimum absolute atomic E-state index is 0.309. The van der Waals surface area contributed by atoms with Crippen molar-refractivity contribution in [3.05, 3.63) is 53.4 Å². The fourth-order valence-corrected chi connectivity index (χ4v) is 3.32. The van der Waals surface area contributed by atoms with E-state index in [0.717, 1.165) is 26.9 Å². The Morgan fingerprint density at radius 2 is 1.90 bits per heavy atom. The maximum atomic E-state index is 11.1. The van der Waals surface area contributed by atoms with Gasteiger partial charge in [-0.2, -0.15) is 5.10 Å². The first kappa shape index (κ1) is 12.1. The van der Waals surface area contributed by atoms with Crippen molar-refractivity contribution in [1.29, 1.82) is 0 Å². The fraction of sp³-hybridized carbons (Fsp3) is 0. The summed E-state index contributed by atoms with van der Waals surface area (Å²) in [6.45, 7) is 0. The Kier molecular flexibility index (Phi) is 2.55. The van der Waals surface area contributed by atoms with Crippen LogP contribution in [-0.2, 0) is 0 Å². The zero-order valence-electron chi connectivity index (χ0n) is 10.8. The highest BCUT2D eigenvalue weighted by molar-refractivity contribution is 7.20. The summed E-state index contributed by atoms with van der Waals surface area (Å²) in [4.78, 5) is 12.1. The van der Waals surface area contributed by atoms with Crippen molar-refractivity contribution >= 4 is 38.3 Å². The molecule has 0 amide bonds. The van der Waals surface area contributed by atoms with Crippen LogP contribution in [0.25, 0.3) is 32.2 Å². The monoisotopic (exact) mass is 294 g/mol. The number of carboxylic acid groups (broad SMARTS) is 1. The SMILES string of the molecule is O=C(O)c1cc2c(-c3ccc4ccccc4c3)[nH]nc2s1. The van der Waals surface area contributed by atoms with Crippen molar-refractivity contribution in [1.82, 2.24) is 10.2 Å². The first-order valence-corrected chi connectivity index (χ1v) is 7.24. The molecule has 2 aromatic carbocycles. The van der Waals surface area contributed by atoms with Crippen LogP contribution in [0.15, 0.2) is 48.5 Å². The van der Waals surface area contributed by atoms with Gasteiger partial charge in [0.25, 0.3) is 0 Å². The maximum Gasteiger partial charge on any atom is 0.345 e. The van der Waals surface area contributed by atoms with Crippen molar-refractivity contribution in [3.8, 4) is 11.3 Å². The van der Waals surface area contributed by atoms with Gasteiger partial charge in [0.1, 0.15) is 9.71 Å². The van der Waals surface area contributed by atoms with Crippen molar-refractivity contribution < 1.29 is 9.90 Å². The molecule has 102 valence electrons. The van der Waals surface area contributed by atoms with Gasteiger partial charge in [-0.3, -0.25) is 5.10 Å². The van der Waals surface area contributed by atoms with E-state index in [1.165, 1.54) is 16.7 Å². The first-order valence-electron chi connectivity index (χ1n) is 6.43. The van der Waals surface area contributed by atoms with E-state index >= 15 is 0 Å². The van der Waals surface area contributed by atoms with Gasteiger partial charge in [0.15, 0.2) is 0 Å². The van der Waals surface area contributed by atoms with Gasteiger partial charge >= 0.3 is 5.97 Å². The van der Waals surface area contributed by atoms with E-state index in [2.05, 4.69) is 34.5 Å². The average Bonchev–Trinajstić information content (AvgIpc) is 3.07. The summed E-state index contributed by atoms with van der Waals surface area (Å²) in [5.41, 5.74) is 1.87. The second kappa shape index (κ2) is 4.43. The molecule has 0 aliphatic heterocycles. The maximum absolute atomic E-state index is 11.1. The van der Waals surface area contributed by atoms with Crippen molar-refractivity contribution in [2.45, 2.75) is 0 Å². The van der Waals surface area contributed by atoms with Crippen LogP contribution in [-0.4, -0.2) is 21.3 Å². The molecule has 0 unspecified atom stereocenters. The predicted octanol–water partition coefficient (Wildman–Crippen LogP) is 4.14. The van der Waals surface area contributed by atoms with Crippen LogP contribution in [0.2, 0.25) is 0 Å². The summed E-state index contributed by atoms with van der Waals surface area (Å²) >= 11 is 1.18. The van der Waals surface area contributed by atoms with Crippen LogP contribution in [0.3, 0.4) is 0 Å². The lowest BCUT2D eigenvalue weighted by Crippen LogP contribution is -1.90. The molecule has 4 nitrogen and oxygen atoms in total. The van der Waals surface area contributed by atoms with Crippen molar-refractivity contribution in [2.75, 3.05) is 0 Å². The summed E-state index contributed by atoms with van der Waals surface area (Å²) < 4.78 is 0. The number of benzene rings is 2. The third-order valence-electron chi connectivity index (χ3n) is 3.50. The Morgan fingerprint density at radius 1 is 1.10 bits per heavy atom. The van der Waals surface area contributed by atoms with E-state index in [1.54, 1.807) is 6.07 Å². The standard InChI is InChI=1S/C16H10N2O2S/c19-16(20)13-8-12-14(17-18-15(12)21-13)11-6-5-9-3-1-2-4-10(9)7-11/h1-8H,(H,17,18)(H,19,20). The van der Waals surface area contributed by atoms with Gasteiger partial charge in [0.05, 0.1) is 5.69 Å². The van der Waals surface area contributed by atoms with Gasteiger partial charge in [-0.25, -0.2) is 4.79 Å². The molecular formula is C16H10N2O2S. The second-order valence-corrected chi connectivity index (χ2v) is 5.83. The number of fused-ring (bicyclic) bond motifs is 2. The smallest absolute Gasteiger partial charge is 0.345 e. The minimum Gasteiger partial charge on any atom is -0.477 e. The molecule has 4 aromatic rings. The molecule has 5 heteroatoms. The van der Waals surface area contributed by atoms with Crippen molar-refractivity contribution in [3.63, 3.8) is 0 Å². The number of rotatable bonds is 2. The molecule has 0 saturated carbocycles. The molecule has 2 heterocycles. The number of hydrogen-bond acceptors (Lipinski definition) is 3. The Bertz CT molecular complexity index is 984. The van der Waals surface area contributed by atoms with Gasteiger partial charge in [0, 0.05) is 10.9 Å². The molecule has 4 rings (SSSR count). The van der Waals surface area contributed by atoms with Gasteiger partial charge in [-0.1, -0.05) is 36.4 Å². The Morgan fingerprint density at radius 3 is 2.71 bits per heavy atom. The highest BCUT2D eigenvalue weighted by Gasteiger charge is 2.15. The number of aromatic nitrogens is 2. The van der Waals surface area contributed by atoms with Crippen LogP contribution in [0, 0.1) is 0 Å². The Labute approximate surface area is 123 Å². The molecule has 0 spiro atoms. The Hall–Kier alpha value is -2.66. The number of nitrogens with zero attached hydrogens (tertiary/aromatic N) is 1. The molecule has 2 aromatic heterocycles. The minimum atomic E-state index is -0.914. The normalized spacial score (nSPS) is 11.2. The summed E-state index contributed by atoms with van der Waals surface area (Å²) in [5, 5.41) is 19.5. The lowest BCUT2D eigenvalue weighted by molar-refractivity contribution is 0.0702. The highest BCUT2D eigenvalue weighted by Crippen LogP contribution is 2.33. The lowest BCUT2D eigenvalue weighted by Gasteiger charge is -2.01. The first-order chi connectivity index (χ1) is 10.2. The molecule has 21 heavy (non-hydrogen) atoms. The van der Waals surface area contributed by atoms with Gasteiger partial charge in [-0.15, -0.1) is 11.3 Å². The summed E-state index contributed by atoms with van der Waals surface area (Å²) in [6, 6.07) is 16.0. The van der Waals surface area contributed by atoms with E-state index in [0.29, 0.717) is 4.88 Å². The van der Waals surface area contributed by atoms with E-state index < -0.39 is 5.97 Å². The number of carboxylic acids is 1. The zero-order chi connectivity index (χ0) is 14.4. The number of carbonyl (C=O) groups is 1.